The molecule has 1 N–H and O–H groups in total. The Morgan fingerprint density at radius 1 is 0.969 bits per heavy atom. The van der Waals surface area contributed by atoms with Crippen molar-refractivity contribution in [3.63, 3.8) is 0 Å². The molecule has 166 valence electrons. The van der Waals surface area contributed by atoms with Crippen LogP contribution in [0.1, 0.15) is 12.0 Å². The normalized spacial score (nSPS) is 14.6. The van der Waals surface area contributed by atoms with Crippen LogP contribution in [0.3, 0.4) is 0 Å². The minimum Gasteiger partial charge on any atom is -0.484 e. The molecule has 0 radical (unpaired) electrons. The minimum atomic E-state index is -0.235. The van der Waals surface area contributed by atoms with Gasteiger partial charge in [0.25, 0.3) is 5.91 Å². The summed E-state index contributed by atoms with van der Waals surface area (Å²) in [6.07, 6.45) is 2.79. The Kier molecular flexibility index (Phi) is 7.59. The van der Waals surface area contributed by atoms with Gasteiger partial charge in [-0.15, -0.1) is 0 Å². The number of hydrogen-bond donors (Lipinski definition) is 1. The van der Waals surface area contributed by atoms with Crippen molar-refractivity contribution in [3.8, 4) is 5.75 Å². The van der Waals surface area contributed by atoms with E-state index in [0.717, 1.165) is 45.0 Å². The Morgan fingerprint density at radius 2 is 1.78 bits per heavy atom. The molecule has 0 spiro atoms. The molecule has 0 atom stereocenters. The lowest BCUT2D eigenvalue weighted by Gasteiger charge is -2.23. The van der Waals surface area contributed by atoms with Crippen LogP contribution in [0.15, 0.2) is 72.9 Å². The molecule has 0 saturated carbocycles. The van der Waals surface area contributed by atoms with E-state index in [1.807, 2.05) is 12.1 Å². The van der Waals surface area contributed by atoms with Gasteiger partial charge in [-0.3, -0.25) is 9.69 Å². The standard InChI is InChI=1S/C25H27ClN4O2/c26-21-7-10-23(11-8-21)32-19-25(31)28-22-9-12-24(27-17-22)30-14-4-13-29(15-16-30)18-20-5-2-1-3-6-20/h1-3,5-12,17H,4,13-16,18-19H2,(H,28,31). The van der Waals surface area contributed by atoms with Gasteiger partial charge in [0.05, 0.1) is 11.9 Å². The van der Waals surface area contributed by atoms with Crippen molar-refractivity contribution in [1.29, 1.82) is 0 Å². The molecule has 1 aromatic heterocycles. The van der Waals surface area contributed by atoms with E-state index in [1.165, 1.54) is 5.56 Å². The van der Waals surface area contributed by atoms with Gasteiger partial charge < -0.3 is 15.0 Å². The van der Waals surface area contributed by atoms with Crippen LogP contribution in [0.4, 0.5) is 11.5 Å². The topological polar surface area (TPSA) is 57.7 Å². The minimum absolute atomic E-state index is 0.0766. The van der Waals surface area contributed by atoms with Crippen LogP contribution in [-0.2, 0) is 11.3 Å². The number of hydrogen-bond acceptors (Lipinski definition) is 5. The van der Waals surface area contributed by atoms with Gasteiger partial charge in [-0.25, -0.2) is 4.98 Å². The van der Waals surface area contributed by atoms with Gasteiger partial charge in [0.2, 0.25) is 0 Å². The molecular formula is C25H27ClN4O2. The maximum atomic E-state index is 12.2. The molecule has 32 heavy (non-hydrogen) atoms. The summed E-state index contributed by atoms with van der Waals surface area (Å²) in [6.45, 7) is 4.88. The number of nitrogens with zero attached hydrogens (tertiary/aromatic N) is 3. The van der Waals surface area contributed by atoms with Crippen molar-refractivity contribution in [1.82, 2.24) is 9.88 Å². The number of ether oxygens (including phenoxy) is 1. The first-order valence-corrected chi connectivity index (χ1v) is 11.2. The van der Waals surface area contributed by atoms with Gasteiger partial charge >= 0.3 is 0 Å². The molecular weight excluding hydrogens is 424 g/mol. The summed E-state index contributed by atoms with van der Waals surface area (Å²) in [6, 6.07) is 21.3. The number of benzene rings is 2. The van der Waals surface area contributed by atoms with E-state index in [2.05, 4.69) is 50.4 Å². The van der Waals surface area contributed by atoms with Crippen LogP contribution in [0, 0.1) is 0 Å². The van der Waals surface area contributed by atoms with E-state index < -0.39 is 0 Å². The van der Waals surface area contributed by atoms with Gasteiger partial charge in [-0.1, -0.05) is 41.9 Å². The molecule has 0 unspecified atom stereocenters. The summed E-state index contributed by atoms with van der Waals surface area (Å²) in [5.74, 6) is 1.29. The molecule has 0 bridgehead atoms. The molecule has 7 heteroatoms. The average molecular weight is 451 g/mol. The van der Waals surface area contributed by atoms with Crippen LogP contribution in [0.2, 0.25) is 5.02 Å². The van der Waals surface area contributed by atoms with Crippen molar-refractivity contribution in [2.24, 2.45) is 0 Å². The lowest BCUT2D eigenvalue weighted by molar-refractivity contribution is -0.118. The smallest absolute Gasteiger partial charge is 0.262 e. The predicted molar refractivity (Wildman–Crippen MR) is 128 cm³/mol. The van der Waals surface area contributed by atoms with Gasteiger partial charge in [0.1, 0.15) is 11.6 Å². The second-order valence-electron chi connectivity index (χ2n) is 7.80. The summed E-state index contributed by atoms with van der Waals surface area (Å²) in [5, 5.41) is 3.45. The molecule has 0 aliphatic carbocycles. The SMILES string of the molecule is O=C(COc1ccc(Cl)cc1)Nc1ccc(N2CCCN(Cc3ccccc3)CC2)nc1. The van der Waals surface area contributed by atoms with Gasteiger partial charge in [-0.05, 0) is 48.4 Å². The van der Waals surface area contributed by atoms with Crippen molar-refractivity contribution >= 4 is 29.0 Å². The highest BCUT2D eigenvalue weighted by atomic mass is 35.5. The third-order valence-electron chi connectivity index (χ3n) is 5.38. The van der Waals surface area contributed by atoms with Crippen molar-refractivity contribution < 1.29 is 9.53 Å². The second-order valence-corrected chi connectivity index (χ2v) is 8.23. The molecule has 2 aromatic carbocycles. The molecule has 1 fully saturated rings. The molecule has 1 aliphatic heterocycles. The van der Waals surface area contributed by atoms with Crippen LogP contribution in [0.5, 0.6) is 5.75 Å². The van der Waals surface area contributed by atoms with E-state index >= 15 is 0 Å². The highest BCUT2D eigenvalue weighted by Crippen LogP contribution is 2.18. The number of amides is 1. The number of anilines is 2. The zero-order valence-electron chi connectivity index (χ0n) is 17.9. The van der Waals surface area contributed by atoms with Crippen LogP contribution in [0.25, 0.3) is 0 Å². The van der Waals surface area contributed by atoms with Crippen molar-refractivity contribution in [2.75, 3.05) is 43.0 Å². The third kappa shape index (κ3) is 6.45. The number of pyridine rings is 1. The lowest BCUT2D eigenvalue weighted by Crippen LogP contribution is -2.31. The number of carbonyl (C=O) groups excluding carboxylic acids is 1. The monoisotopic (exact) mass is 450 g/mol. The van der Waals surface area contributed by atoms with Gasteiger partial charge in [-0.2, -0.15) is 0 Å². The average Bonchev–Trinajstić information content (AvgIpc) is 3.05. The largest absolute Gasteiger partial charge is 0.484 e. The Balaban J connectivity index is 1.25. The van der Waals surface area contributed by atoms with Crippen LogP contribution in [-0.4, -0.2) is 48.6 Å². The highest BCUT2D eigenvalue weighted by Gasteiger charge is 2.16. The fourth-order valence-electron chi connectivity index (χ4n) is 3.72. The molecule has 3 aromatic rings. The second kappa shape index (κ2) is 11.0. The summed E-state index contributed by atoms with van der Waals surface area (Å²) in [5.41, 5.74) is 2.00. The Labute approximate surface area is 193 Å². The Hall–Kier alpha value is -3.09. The van der Waals surface area contributed by atoms with E-state index in [9.17, 15) is 4.79 Å². The number of aromatic nitrogens is 1. The number of carbonyl (C=O) groups is 1. The van der Waals surface area contributed by atoms with Gasteiger partial charge in [0.15, 0.2) is 6.61 Å². The van der Waals surface area contributed by atoms with E-state index in [1.54, 1.807) is 30.5 Å². The molecule has 1 aliphatic rings. The number of rotatable bonds is 7. The maximum absolute atomic E-state index is 12.2. The predicted octanol–water partition coefficient (Wildman–Crippen LogP) is 4.46. The molecule has 1 saturated heterocycles. The number of halogens is 1. The Morgan fingerprint density at radius 3 is 2.53 bits per heavy atom. The van der Waals surface area contributed by atoms with E-state index in [0.29, 0.717) is 16.5 Å². The summed E-state index contributed by atoms with van der Waals surface area (Å²) in [4.78, 5) is 21.5. The van der Waals surface area contributed by atoms with Crippen LogP contribution >= 0.6 is 11.6 Å². The fraction of sp³-hybridized carbons (Fsp3) is 0.280. The summed E-state index contributed by atoms with van der Waals surface area (Å²) in [7, 11) is 0. The molecule has 4 rings (SSSR count). The molecule has 6 nitrogen and oxygen atoms in total. The fourth-order valence-corrected chi connectivity index (χ4v) is 3.85. The zero-order valence-corrected chi connectivity index (χ0v) is 18.7. The number of nitrogens with one attached hydrogen (secondary N) is 1. The van der Waals surface area contributed by atoms with Crippen LogP contribution < -0.4 is 15.0 Å². The lowest BCUT2D eigenvalue weighted by atomic mass is 10.2. The van der Waals surface area contributed by atoms with E-state index in [-0.39, 0.29) is 12.5 Å². The van der Waals surface area contributed by atoms with E-state index in [4.69, 9.17) is 16.3 Å². The molecule has 1 amide bonds. The maximum Gasteiger partial charge on any atom is 0.262 e. The summed E-state index contributed by atoms with van der Waals surface area (Å²) >= 11 is 5.85. The van der Waals surface area contributed by atoms with Crippen molar-refractivity contribution in [2.45, 2.75) is 13.0 Å². The first-order valence-electron chi connectivity index (χ1n) is 10.8. The first kappa shape index (κ1) is 22.1. The highest BCUT2D eigenvalue weighted by molar-refractivity contribution is 6.30. The molecule has 2 heterocycles. The van der Waals surface area contributed by atoms with Gasteiger partial charge in [0, 0.05) is 37.7 Å². The Bertz CT molecular complexity index is 997. The third-order valence-corrected chi connectivity index (χ3v) is 5.63. The first-order chi connectivity index (χ1) is 15.7. The quantitative estimate of drug-likeness (QED) is 0.575. The zero-order chi connectivity index (χ0) is 22.2. The van der Waals surface area contributed by atoms with Crippen molar-refractivity contribution in [3.05, 3.63) is 83.5 Å². The summed E-state index contributed by atoms with van der Waals surface area (Å²) < 4.78 is 5.48.